The van der Waals surface area contributed by atoms with Crippen molar-refractivity contribution in [2.75, 3.05) is 13.1 Å². The summed E-state index contributed by atoms with van der Waals surface area (Å²) in [6.45, 7) is 2.11. The molecule has 88 valence electrons. The molecule has 1 aliphatic heterocycles. The molecule has 3 rings (SSSR count). The van der Waals surface area contributed by atoms with Gasteiger partial charge < -0.3 is 5.32 Å². The van der Waals surface area contributed by atoms with E-state index in [0.29, 0.717) is 11.5 Å². The van der Waals surface area contributed by atoms with Crippen LogP contribution in [0, 0.1) is 11.3 Å². The minimum absolute atomic E-state index is 0.618. The van der Waals surface area contributed by atoms with Crippen LogP contribution < -0.4 is 5.32 Å². The van der Waals surface area contributed by atoms with Gasteiger partial charge in [-0.25, -0.2) is 0 Å². The van der Waals surface area contributed by atoms with Crippen LogP contribution in [0.3, 0.4) is 0 Å². The second kappa shape index (κ2) is 4.59. The zero-order valence-electron chi connectivity index (χ0n) is 9.93. The number of benzene rings is 1. The lowest BCUT2D eigenvalue weighted by atomic mass is 9.95. The number of nitriles is 1. The molecule has 18 heavy (non-hydrogen) atoms. The highest BCUT2D eigenvalue weighted by atomic mass is 14.9. The van der Waals surface area contributed by atoms with Gasteiger partial charge in [0, 0.05) is 30.8 Å². The van der Waals surface area contributed by atoms with Gasteiger partial charge in [0.1, 0.15) is 0 Å². The Hall–Kier alpha value is -2.18. The molecule has 1 fully saturated rings. The number of rotatable bonds is 2. The lowest BCUT2D eigenvalue weighted by molar-refractivity contribution is 0.447. The molecule has 3 nitrogen and oxygen atoms in total. The molecule has 0 radical (unpaired) electrons. The third kappa shape index (κ3) is 1.99. The summed E-state index contributed by atoms with van der Waals surface area (Å²) in [5.41, 5.74) is 3.98. The number of nitrogens with zero attached hydrogens (tertiary/aromatic N) is 2. The summed E-state index contributed by atoms with van der Waals surface area (Å²) in [6, 6.07) is 13.8. The molecule has 0 saturated carbocycles. The molecule has 1 aromatic heterocycles. The monoisotopic (exact) mass is 235 g/mol. The van der Waals surface area contributed by atoms with Crippen LogP contribution in [0.25, 0.3) is 11.3 Å². The van der Waals surface area contributed by atoms with E-state index in [0.717, 1.165) is 24.3 Å². The molecule has 2 aromatic rings. The van der Waals surface area contributed by atoms with E-state index in [2.05, 4.69) is 28.5 Å². The minimum Gasteiger partial charge on any atom is -0.315 e. The number of pyridine rings is 1. The Morgan fingerprint density at radius 3 is 2.39 bits per heavy atom. The molecule has 0 unspecified atom stereocenters. The van der Waals surface area contributed by atoms with Crippen molar-refractivity contribution in [3.8, 4) is 17.3 Å². The van der Waals surface area contributed by atoms with Gasteiger partial charge in [-0.15, -0.1) is 0 Å². The van der Waals surface area contributed by atoms with Gasteiger partial charge in [-0.3, -0.25) is 4.98 Å². The Morgan fingerprint density at radius 2 is 1.89 bits per heavy atom. The van der Waals surface area contributed by atoms with E-state index in [1.165, 1.54) is 5.56 Å². The maximum absolute atomic E-state index is 8.76. The molecule has 2 heterocycles. The van der Waals surface area contributed by atoms with Crippen LogP contribution in [0.15, 0.2) is 42.6 Å². The SMILES string of the molecule is N#Cc1ccc(-c2ccc(C3CNC3)cn2)cc1. The highest BCUT2D eigenvalue weighted by Gasteiger charge is 2.18. The second-order valence-corrected chi connectivity index (χ2v) is 4.52. The Bertz CT molecular complexity index is 575. The molecular formula is C15H13N3. The highest BCUT2D eigenvalue weighted by molar-refractivity contribution is 5.60. The quantitative estimate of drug-likeness (QED) is 0.869. The van der Waals surface area contributed by atoms with Crippen LogP contribution >= 0.6 is 0 Å². The van der Waals surface area contributed by atoms with Crippen molar-refractivity contribution in [3.05, 3.63) is 53.7 Å². The van der Waals surface area contributed by atoms with Crippen LogP contribution in [0.5, 0.6) is 0 Å². The summed E-state index contributed by atoms with van der Waals surface area (Å²) >= 11 is 0. The van der Waals surface area contributed by atoms with Crippen LogP contribution in [0.4, 0.5) is 0 Å². The van der Waals surface area contributed by atoms with Crippen molar-refractivity contribution in [1.82, 2.24) is 10.3 Å². The normalized spacial score (nSPS) is 14.8. The molecule has 0 bridgehead atoms. The Balaban J connectivity index is 1.85. The van der Waals surface area contributed by atoms with Crippen molar-refractivity contribution >= 4 is 0 Å². The van der Waals surface area contributed by atoms with E-state index in [1.807, 2.05) is 30.5 Å². The highest BCUT2D eigenvalue weighted by Crippen LogP contribution is 2.22. The number of aromatic nitrogens is 1. The summed E-state index contributed by atoms with van der Waals surface area (Å²) in [5.74, 6) is 0.618. The van der Waals surface area contributed by atoms with Gasteiger partial charge in [-0.05, 0) is 23.8 Å². The smallest absolute Gasteiger partial charge is 0.0991 e. The standard InChI is InChI=1S/C15H13N3/c16-7-11-1-3-12(4-2-11)15-6-5-13(10-18-15)14-8-17-9-14/h1-6,10,14,17H,8-9H2. The molecule has 0 aliphatic carbocycles. The van der Waals surface area contributed by atoms with E-state index >= 15 is 0 Å². The third-order valence-corrected chi connectivity index (χ3v) is 3.35. The maximum Gasteiger partial charge on any atom is 0.0991 e. The predicted molar refractivity (Wildman–Crippen MR) is 70.0 cm³/mol. The van der Waals surface area contributed by atoms with E-state index in [4.69, 9.17) is 5.26 Å². The average Bonchev–Trinajstić information content (AvgIpc) is 2.38. The molecule has 0 spiro atoms. The number of hydrogen-bond donors (Lipinski definition) is 1. The Morgan fingerprint density at radius 1 is 1.11 bits per heavy atom. The molecule has 3 heteroatoms. The second-order valence-electron chi connectivity index (χ2n) is 4.52. The zero-order valence-corrected chi connectivity index (χ0v) is 9.93. The lowest BCUT2D eigenvalue weighted by Gasteiger charge is -2.27. The first kappa shape index (κ1) is 10.9. The molecule has 1 saturated heterocycles. The first-order valence-electron chi connectivity index (χ1n) is 6.04. The fourth-order valence-corrected chi connectivity index (χ4v) is 2.06. The summed E-state index contributed by atoms with van der Waals surface area (Å²) < 4.78 is 0. The van der Waals surface area contributed by atoms with Crippen molar-refractivity contribution in [2.24, 2.45) is 0 Å². The zero-order chi connectivity index (χ0) is 12.4. The maximum atomic E-state index is 8.76. The first-order valence-corrected chi connectivity index (χ1v) is 6.04. The fourth-order valence-electron chi connectivity index (χ4n) is 2.06. The van der Waals surface area contributed by atoms with Gasteiger partial charge in [0.15, 0.2) is 0 Å². The predicted octanol–water partition coefficient (Wildman–Crippen LogP) is 2.31. The molecular weight excluding hydrogens is 222 g/mol. The minimum atomic E-state index is 0.618. The molecule has 0 atom stereocenters. The summed E-state index contributed by atoms with van der Waals surface area (Å²) in [5, 5.41) is 12.0. The van der Waals surface area contributed by atoms with Crippen molar-refractivity contribution in [3.63, 3.8) is 0 Å². The van der Waals surface area contributed by atoms with Crippen molar-refractivity contribution < 1.29 is 0 Å². The van der Waals surface area contributed by atoms with E-state index in [-0.39, 0.29) is 0 Å². The van der Waals surface area contributed by atoms with E-state index < -0.39 is 0 Å². The Labute approximate surface area is 106 Å². The molecule has 1 aromatic carbocycles. The van der Waals surface area contributed by atoms with Crippen molar-refractivity contribution in [2.45, 2.75) is 5.92 Å². The topological polar surface area (TPSA) is 48.7 Å². The molecule has 1 aliphatic rings. The van der Waals surface area contributed by atoms with Crippen LogP contribution in [0.1, 0.15) is 17.0 Å². The van der Waals surface area contributed by atoms with Crippen molar-refractivity contribution in [1.29, 1.82) is 5.26 Å². The first-order chi connectivity index (χ1) is 8.86. The van der Waals surface area contributed by atoms with Gasteiger partial charge in [0.2, 0.25) is 0 Å². The summed E-state index contributed by atoms with van der Waals surface area (Å²) in [6.07, 6.45) is 1.96. The van der Waals surface area contributed by atoms with Gasteiger partial charge in [-0.2, -0.15) is 5.26 Å². The number of nitrogens with one attached hydrogen (secondary N) is 1. The fraction of sp³-hybridized carbons (Fsp3) is 0.200. The lowest BCUT2D eigenvalue weighted by Crippen LogP contribution is -2.39. The van der Waals surface area contributed by atoms with Gasteiger partial charge in [0.05, 0.1) is 17.3 Å². The molecule has 1 N–H and O–H groups in total. The van der Waals surface area contributed by atoms with Gasteiger partial charge in [0.25, 0.3) is 0 Å². The van der Waals surface area contributed by atoms with Gasteiger partial charge in [-0.1, -0.05) is 18.2 Å². The third-order valence-electron chi connectivity index (χ3n) is 3.35. The average molecular weight is 235 g/mol. The number of hydrogen-bond acceptors (Lipinski definition) is 3. The van der Waals surface area contributed by atoms with Gasteiger partial charge >= 0.3 is 0 Å². The largest absolute Gasteiger partial charge is 0.315 e. The van der Waals surface area contributed by atoms with Crippen LogP contribution in [-0.2, 0) is 0 Å². The molecule has 0 amide bonds. The van der Waals surface area contributed by atoms with Crippen LogP contribution in [0.2, 0.25) is 0 Å². The summed E-state index contributed by atoms with van der Waals surface area (Å²) in [4.78, 5) is 4.50. The van der Waals surface area contributed by atoms with E-state index in [9.17, 15) is 0 Å². The Kier molecular flexibility index (Phi) is 2.79. The van der Waals surface area contributed by atoms with Crippen LogP contribution in [-0.4, -0.2) is 18.1 Å². The van der Waals surface area contributed by atoms with E-state index in [1.54, 1.807) is 0 Å². The summed E-state index contributed by atoms with van der Waals surface area (Å²) in [7, 11) is 0.